The van der Waals surface area contributed by atoms with Crippen molar-refractivity contribution in [1.82, 2.24) is 0 Å². The average molecular weight is 162 g/mol. The second-order valence-corrected chi connectivity index (χ2v) is 3.07. The van der Waals surface area contributed by atoms with E-state index in [1.807, 2.05) is 12.2 Å². The Morgan fingerprint density at radius 1 is 1.50 bits per heavy atom. The van der Waals surface area contributed by atoms with Gasteiger partial charge in [-0.15, -0.1) is 0 Å². The molecule has 1 rings (SSSR count). The lowest BCUT2D eigenvalue weighted by atomic mass is 10.0. The van der Waals surface area contributed by atoms with Gasteiger partial charge in [-0.05, 0) is 23.4 Å². The monoisotopic (exact) mass is 162 g/mol. The van der Waals surface area contributed by atoms with Crippen LogP contribution in [0.25, 0.3) is 0 Å². The van der Waals surface area contributed by atoms with Gasteiger partial charge >= 0.3 is 0 Å². The summed E-state index contributed by atoms with van der Waals surface area (Å²) in [6.07, 6.45) is 5.91. The van der Waals surface area contributed by atoms with Crippen LogP contribution >= 0.6 is 0 Å². The highest BCUT2D eigenvalue weighted by molar-refractivity contribution is 5.61. The molecule has 0 saturated heterocycles. The lowest BCUT2D eigenvalue weighted by Gasteiger charge is -2.01. The first-order valence-electron chi connectivity index (χ1n) is 4.14. The first-order valence-corrected chi connectivity index (χ1v) is 4.14. The van der Waals surface area contributed by atoms with Gasteiger partial charge in [0.2, 0.25) is 0 Å². The fourth-order valence-electron chi connectivity index (χ4n) is 0.940. The Morgan fingerprint density at radius 3 is 2.83 bits per heavy atom. The van der Waals surface area contributed by atoms with Gasteiger partial charge in [-0.25, -0.2) is 4.99 Å². The predicted octanol–water partition coefficient (Wildman–Crippen LogP) is 1.65. The Labute approximate surface area is 73.2 Å². The van der Waals surface area contributed by atoms with Crippen LogP contribution in [0.3, 0.4) is 0 Å². The molecule has 0 amide bonds. The molecule has 1 heterocycles. The fourth-order valence-corrected chi connectivity index (χ4v) is 0.940. The molecule has 64 valence electrons. The molecule has 0 bridgehead atoms. The molecule has 2 N–H and O–H groups in total. The average Bonchev–Trinajstić information content (AvgIpc) is 2.28. The second-order valence-electron chi connectivity index (χ2n) is 3.07. The van der Waals surface area contributed by atoms with E-state index in [0.29, 0.717) is 12.5 Å². The van der Waals surface area contributed by atoms with Crippen molar-refractivity contribution in [3.05, 3.63) is 29.5 Å². The van der Waals surface area contributed by atoms with E-state index in [2.05, 4.69) is 30.8 Å². The molecule has 0 fully saturated rings. The van der Waals surface area contributed by atoms with Gasteiger partial charge in [-0.2, -0.15) is 0 Å². The van der Waals surface area contributed by atoms with Crippen molar-refractivity contribution in [3.8, 4) is 0 Å². The van der Waals surface area contributed by atoms with Gasteiger partial charge in [0.25, 0.3) is 0 Å². The van der Waals surface area contributed by atoms with Crippen molar-refractivity contribution < 1.29 is 0 Å². The SMILES string of the molecule is CC(C)C1=CC=C(CN)N=C=C1. The molecule has 0 saturated carbocycles. The molecule has 2 nitrogen and oxygen atoms in total. The van der Waals surface area contributed by atoms with Crippen LogP contribution in [0.1, 0.15) is 13.8 Å². The molecule has 0 atom stereocenters. The van der Waals surface area contributed by atoms with Crippen LogP contribution < -0.4 is 5.73 Å². The van der Waals surface area contributed by atoms with Gasteiger partial charge in [0.05, 0.1) is 5.70 Å². The smallest absolute Gasteiger partial charge is 0.0639 e. The lowest BCUT2D eigenvalue weighted by Crippen LogP contribution is -1.99. The summed E-state index contributed by atoms with van der Waals surface area (Å²) in [5.74, 6) is 3.38. The van der Waals surface area contributed by atoms with Gasteiger partial charge in [0, 0.05) is 12.6 Å². The van der Waals surface area contributed by atoms with E-state index in [4.69, 9.17) is 5.73 Å². The molecule has 0 aliphatic carbocycles. The molecule has 1 aliphatic rings. The first kappa shape index (κ1) is 8.98. The largest absolute Gasteiger partial charge is 0.325 e. The fraction of sp³-hybridized carbons (Fsp3) is 0.400. The zero-order chi connectivity index (χ0) is 8.97. The Kier molecular flexibility index (Phi) is 3.03. The molecule has 0 aromatic heterocycles. The topological polar surface area (TPSA) is 38.4 Å². The molecule has 0 aromatic rings. The second kappa shape index (κ2) is 4.05. The van der Waals surface area contributed by atoms with Gasteiger partial charge in [-0.1, -0.05) is 19.9 Å². The van der Waals surface area contributed by atoms with E-state index >= 15 is 0 Å². The van der Waals surface area contributed by atoms with Crippen molar-refractivity contribution in [2.45, 2.75) is 13.8 Å². The predicted molar refractivity (Wildman–Crippen MR) is 52.1 cm³/mol. The summed E-state index contributed by atoms with van der Waals surface area (Å²) in [7, 11) is 0. The van der Waals surface area contributed by atoms with Crippen molar-refractivity contribution in [3.63, 3.8) is 0 Å². The number of allylic oxidation sites excluding steroid dienone is 4. The summed E-state index contributed by atoms with van der Waals surface area (Å²) >= 11 is 0. The number of hydrogen-bond donors (Lipinski definition) is 1. The van der Waals surface area contributed by atoms with E-state index in [0.717, 1.165) is 5.70 Å². The highest BCUT2D eigenvalue weighted by atomic mass is 14.8. The Hall–Kier alpha value is -1.11. The number of nitrogens with two attached hydrogens (primary N) is 1. The van der Waals surface area contributed by atoms with Gasteiger partial charge in [0.1, 0.15) is 0 Å². The molecule has 0 radical (unpaired) electrons. The Balaban J connectivity index is 2.90. The third-order valence-corrected chi connectivity index (χ3v) is 1.78. The zero-order valence-electron chi connectivity index (χ0n) is 7.54. The third-order valence-electron chi connectivity index (χ3n) is 1.78. The highest BCUT2D eigenvalue weighted by Gasteiger charge is 1.99. The number of rotatable bonds is 2. The minimum Gasteiger partial charge on any atom is -0.325 e. The quantitative estimate of drug-likeness (QED) is 0.658. The maximum absolute atomic E-state index is 5.45. The number of hydrogen-bond acceptors (Lipinski definition) is 2. The summed E-state index contributed by atoms with van der Waals surface area (Å²) in [6.45, 7) is 4.76. The normalized spacial score (nSPS) is 16.0. The maximum Gasteiger partial charge on any atom is 0.0639 e. The van der Waals surface area contributed by atoms with Gasteiger partial charge < -0.3 is 5.73 Å². The minimum atomic E-state index is 0.475. The standard InChI is InChI=1S/C10H14N2/c1-8(2)9-3-4-10(7-11)12-6-5-9/h3-5,8H,7,11H2,1-2H3. The van der Waals surface area contributed by atoms with Gasteiger partial charge in [0.15, 0.2) is 0 Å². The number of aliphatic imine (C=N–C) groups is 1. The van der Waals surface area contributed by atoms with Crippen LogP contribution in [0.4, 0.5) is 0 Å². The van der Waals surface area contributed by atoms with Gasteiger partial charge in [-0.3, -0.25) is 0 Å². The zero-order valence-corrected chi connectivity index (χ0v) is 7.54. The van der Waals surface area contributed by atoms with E-state index in [-0.39, 0.29) is 0 Å². The Bertz CT molecular complexity index is 276. The summed E-state index contributed by atoms with van der Waals surface area (Å²) < 4.78 is 0. The molecule has 0 spiro atoms. The lowest BCUT2D eigenvalue weighted by molar-refractivity contribution is 0.793. The van der Waals surface area contributed by atoms with E-state index in [1.54, 1.807) is 0 Å². The summed E-state index contributed by atoms with van der Waals surface area (Å²) in [5.41, 5.74) is 7.56. The van der Waals surface area contributed by atoms with E-state index in [9.17, 15) is 0 Å². The first-order chi connectivity index (χ1) is 5.74. The van der Waals surface area contributed by atoms with E-state index < -0.39 is 0 Å². The molecule has 1 aliphatic heterocycles. The molecule has 0 unspecified atom stereocenters. The molecule has 0 aromatic carbocycles. The Morgan fingerprint density at radius 2 is 2.25 bits per heavy atom. The van der Waals surface area contributed by atoms with Crippen molar-refractivity contribution >= 4 is 5.87 Å². The van der Waals surface area contributed by atoms with Crippen molar-refractivity contribution in [2.75, 3.05) is 6.54 Å². The van der Waals surface area contributed by atoms with Crippen LogP contribution in [0.2, 0.25) is 0 Å². The summed E-state index contributed by atoms with van der Waals surface area (Å²) in [4.78, 5) is 4.05. The van der Waals surface area contributed by atoms with Crippen LogP contribution in [-0.4, -0.2) is 12.4 Å². The minimum absolute atomic E-state index is 0.475. The van der Waals surface area contributed by atoms with Crippen molar-refractivity contribution in [1.29, 1.82) is 0 Å². The van der Waals surface area contributed by atoms with Crippen LogP contribution in [0, 0.1) is 5.92 Å². The molecule has 12 heavy (non-hydrogen) atoms. The molecule has 2 heteroatoms. The summed E-state index contributed by atoms with van der Waals surface area (Å²) in [5, 5.41) is 0. The molecular formula is C10H14N2. The third kappa shape index (κ3) is 2.19. The van der Waals surface area contributed by atoms with Crippen LogP contribution in [-0.2, 0) is 0 Å². The summed E-state index contributed by atoms with van der Waals surface area (Å²) in [6, 6.07) is 0. The molecular weight excluding hydrogens is 148 g/mol. The highest BCUT2D eigenvalue weighted by Crippen LogP contribution is 2.12. The van der Waals surface area contributed by atoms with E-state index in [1.165, 1.54) is 5.57 Å². The number of nitrogens with zero attached hydrogens (tertiary/aromatic N) is 1. The van der Waals surface area contributed by atoms with Crippen LogP contribution in [0.5, 0.6) is 0 Å². The maximum atomic E-state index is 5.45. The van der Waals surface area contributed by atoms with Crippen LogP contribution in [0.15, 0.2) is 34.5 Å². The van der Waals surface area contributed by atoms with Crippen molar-refractivity contribution in [2.24, 2.45) is 16.6 Å².